The third-order valence-electron chi connectivity index (χ3n) is 2.71. The highest BCUT2D eigenvalue weighted by Gasteiger charge is 2.13. The van der Waals surface area contributed by atoms with Crippen LogP contribution >= 0.6 is 0 Å². The summed E-state index contributed by atoms with van der Waals surface area (Å²) >= 11 is 0. The van der Waals surface area contributed by atoms with Crippen LogP contribution in [-0.4, -0.2) is 15.5 Å². The molecule has 0 saturated carbocycles. The average molecular weight is 265 g/mol. The van der Waals surface area contributed by atoms with Crippen molar-refractivity contribution in [3.05, 3.63) is 42.2 Å². The third kappa shape index (κ3) is 2.47. The zero-order valence-corrected chi connectivity index (χ0v) is 11.1. The molecule has 1 aromatic carbocycles. The molecule has 18 heavy (non-hydrogen) atoms. The van der Waals surface area contributed by atoms with E-state index in [1.807, 2.05) is 25.1 Å². The molecule has 0 aliphatic carbocycles. The zero-order chi connectivity index (χ0) is 13.2. The first-order valence-corrected chi connectivity index (χ1v) is 7.18. The van der Waals surface area contributed by atoms with Crippen LogP contribution in [-0.2, 0) is 16.4 Å². The van der Waals surface area contributed by atoms with E-state index in [9.17, 15) is 8.42 Å². The van der Waals surface area contributed by atoms with Crippen LogP contribution in [0, 0.1) is 0 Å². The normalized spacial score (nSPS) is 11.7. The Hall–Kier alpha value is -1.59. The molecular formula is C13H15NO3S. The van der Waals surface area contributed by atoms with Crippen LogP contribution in [0.2, 0.25) is 0 Å². The van der Waals surface area contributed by atoms with Crippen LogP contribution < -0.4 is 4.72 Å². The van der Waals surface area contributed by atoms with Crippen LogP contribution in [0.3, 0.4) is 0 Å². The fraction of sp³-hybridized carbons (Fsp3) is 0.231. The second-order valence-electron chi connectivity index (χ2n) is 3.85. The molecular weight excluding hydrogens is 250 g/mol. The number of benzene rings is 1. The number of hydrogen-bond acceptors (Lipinski definition) is 3. The largest absolute Gasteiger partial charge is 0.461 e. The van der Waals surface area contributed by atoms with E-state index in [0.29, 0.717) is 5.76 Å². The molecule has 0 radical (unpaired) electrons. The molecule has 0 fully saturated rings. The second-order valence-corrected chi connectivity index (χ2v) is 5.74. The summed E-state index contributed by atoms with van der Waals surface area (Å²) in [6.45, 7) is 2.00. The fourth-order valence-corrected chi connectivity index (χ4v) is 2.43. The minimum absolute atomic E-state index is 0.233. The molecule has 0 saturated heterocycles. The van der Waals surface area contributed by atoms with Crippen molar-refractivity contribution in [1.29, 1.82) is 0 Å². The summed E-state index contributed by atoms with van der Waals surface area (Å²) in [5.74, 6) is 1.56. The molecule has 0 aliphatic heterocycles. The molecule has 1 heterocycles. The van der Waals surface area contributed by atoms with Gasteiger partial charge in [-0.25, -0.2) is 13.1 Å². The van der Waals surface area contributed by atoms with E-state index in [-0.39, 0.29) is 4.90 Å². The van der Waals surface area contributed by atoms with Crippen LogP contribution in [0.25, 0.3) is 11.3 Å². The maximum Gasteiger partial charge on any atom is 0.240 e. The SMILES string of the molecule is CCc1ccc(-c2cccc(S(=O)(=O)NC)c2)o1. The van der Waals surface area contributed by atoms with Gasteiger partial charge in [-0.2, -0.15) is 0 Å². The monoisotopic (exact) mass is 265 g/mol. The van der Waals surface area contributed by atoms with Crippen molar-refractivity contribution in [3.63, 3.8) is 0 Å². The lowest BCUT2D eigenvalue weighted by Crippen LogP contribution is -2.18. The first-order valence-electron chi connectivity index (χ1n) is 5.69. The highest BCUT2D eigenvalue weighted by atomic mass is 32.2. The van der Waals surface area contributed by atoms with E-state index in [1.54, 1.807) is 18.2 Å². The summed E-state index contributed by atoms with van der Waals surface area (Å²) < 4.78 is 31.3. The highest BCUT2D eigenvalue weighted by molar-refractivity contribution is 7.89. The van der Waals surface area contributed by atoms with Gasteiger partial charge in [0, 0.05) is 12.0 Å². The minimum atomic E-state index is -3.42. The molecule has 0 spiro atoms. The summed E-state index contributed by atoms with van der Waals surface area (Å²) in [6.07, 6.45) is 0.814. The van der Waals surface area contributed by atoms with Gasteiger partial charge in [-0.05, 0) is 31.3 Å². The van der Waals surface area contributed by atoms with Gasteiger partial charge in [0.15, 0.2) is 0 Å². The van der Waals surface area contributed by atoms with E-state index in [0.717, 1.165) is 17.7 Å². The smallest absolute Gasteiger partial charge is 0.240 e. The Morgan fingerprint density at radius 3 is 2.61 bits per heavy atom. The van der Waals surface area contributed by atoms with Crippen LogP contribution in [0.4, 0.5) is 0 Å². The van der Waals surface area contributed by atoms with E-state index >= 15 is 0 Å². The lowest BCUT2D eigenvalue weighted by atomic mass is 10.2. The van der Waals surface area contributed by atoms with Gasteiger partial charge in [0.25, 0.3) is 0 Å². The number of rotatable bonds is 4. The van der Waals surface area contributed by atoms with Gasteiger partial charge in [0.05, 0.1) is 4.90 Å². The van der Waals surface area contributed by atoms with Crippen molar-refractivity contribution in [2.45, 2.75) is 18.2 Å². The third-order valence-corrected chi connectivity index (χ3v) is 4.12. The number of sulfonamides is 1. The summed E-state index contributed by atoms with van der Waals surface area (Å²) in [5.41, 5.74) is 0.756. The maximum absolute atomic E-state index is 11.7. The van der Waals surface area contributed by atoms with Gasteiger partial charge in [0.1, 0.15) is 11.5 Å². The molecule has 0 bridgehead atoms. The molecule has 1 aromatic heterocycles. The summed E-state index contributed by atoms with van der Waals surface area (Å²) in [5, 5.41) is 0. The Labute approximate surface area is 107 Å². The standard InChI is InChI=1S/C13H15NO3S/c1-3-11-7-8-13(17-11)10-5-4-6-12(9-10)18(15,16)14-2/h4-9,14H,3H2,1-2H3. The van der Waals surface area contributed by atoms with Gasteiger partial charge in [0.2, 0.25) is 10.0 Å². The second kappa shape index (κ2) is 4.96. The minimum Gasteiger partial charge on any atom is -0.461 e. The van der Waals surface area contributed by atoms with Crippen molar-refractivity contribution < 1.29 is 12.8 Å². The van der Waals surface area contributed by atoms with Crippen LogP contribution in [0.1, 0.15) is 12.7 Å². The number of hydrogen-bond donors (Lipinski definition) is 1. The lowest BCUT2D eigenvalue weighted by molar-refractivity contribution is 0.529. The maximum atomic E-state index is 11.7. The van der Waals surface area contributed by atoms with E-state index < -0.39 is 10.0 Å². The Balaban J connectivity index is 2.44. The van der Waals surface area contributed by atoms with Crippen molar-refractivity contribution in [2.75, 3.05) is 7.05 Å². The van der Waals surface area contributed by atoms with E-state index in [4.69, 9.17) is 4.42 Å². The van der Waals surface area contributed by atoms with Gasteiger partial charge in [-0.15, -0.1) is 0 Å². The predicted molar refractivity (Wildman–Crippen MR) is 69.8 cm³/mol. The number of aryl methyl sites for hydroxylation is 1. The Morgan fingerprint density at radius 1 is 1.22 bits per heavy atom. The summed E-state index contributed by atoms with van der Waals surface area (Å²) in [7, 11) is -2.03. The van der Waals surface area contributed by atoms with Crippen LogP contribution in [0.5, 0.6) is 0 Å². The lowest BCUT2D eigenvalue weighted by Gasteiger charge is -2.04. The first kappa shape index (κ1) is 12.9. The van der Waals surface area contributed by atoms with Crippen molar-refractivity contribution in [2.24, 2.45) is 0 Å². The first-order chi connectivity index (χ1) is 8.56. The molecule has 0 atom stereocenters. The molecule has 0 amide bonds. The Morgan fingerprint density at radius 2 is 2.00 bits per heavy atom. The van der Waals surface area contributed by atoms with Gasteiger partial charge in [-0.3, -0.25) is 0 Å². The quantitative estimate of drug-likeness (QED) is 0.923. The summed E-state index contributed by atoms with van der Waals surface area (Å²) in [4.78, 5) is 0.233. The Kier molecular flexibility index (Phi) is 3.54. The van der Waals surface area contributed by atoms with Gasteiger partial charge in [-0.1, -0.05) is 19.1 Å². The van der Waals surface area contributed by atoms with Crippen molar-refractivity contribution in [1.82, 2.24) is 4.72 Å². The van der Waals surface area contributed by atoms with E-state index in [1.165, 1.54) is 7.05 Å². The van der Waals surface area contributed by atoms with Crippen molar-refractivity contribution in [3.8, 4) is 11.3 Å². The van der Waals surface area contributed by atoms with Crippen molar-refractivity contribution >= 4 is 10.0 Å². The van der Waals surface area contributed by atoms with Gasteiger partial charge < -0.3 is 4.42 Å². The van der Waals surface area contributed by atoms with E-state index in [2.05, 4.69) is 4.72 Å². The molecule has 96 valence electrons. The Bertz CT molecular complexity index is 644. The summed E-state index contributed by atoms with van der Waals surface area (Å²) in [6, 6.07) is 10.4. The molecule has 1 N–H and O–H groups in total. The molecule has 2 rings (SSSR count). The average Bonchev–Trinajstić information content (AvgIpc) is 2.88. The molecule has 5 heteroatoms. The fourth-order valence-electron chi connectivity index (χ4n) is 1.66. The highest BCUT2D eigenvalue weighted by Crippen LogP contribution is 2.24. The molecule has 0 unspecified atom stereocenters. The molecule has 4 nitrogen and oxygen atoms in total. The van der Waals surface area contributed by atoms with Crippen LogP contribution in [0.15, 0.2) is 45.7 Å². The van der Waals surface area contributed by atoms with Gasteiger partial charge >= 0.3 is 0 Å². The molecule has 2 aromatic rings. The zero-order valence-electron chi connectivity index (χ0n) is 10.3. The predicted octanol–water partition coefficient (Wildman–Crippen LogP) is 2.42. The molecule has 0 aliphatic rings. The number of nitrogens with one attached hydrogen (secondary N) is 1. The topological polar surface area (TPSA) is 59.3 Å². The number of furan rings is 1.